The van der Waals surface area contributed by atoms with E-state index in [2.05, 4.69) is 5.32 Å². The van der Waals surface area contributed by atoms with E-state index in [1.807, 2.05) is 25.1 Å². The predicted octanol–water partition coefficient (Wildman–Crippen LogP) is 2.38. The second-order valence-corrected chi connectivity index (χ2v) is 7.63. The molecule has 1 amide bonds. The summed E-state index contributed by atoms with van der Waals surface area (Å²) < 4.78 is 28.2. The Labute approximate surface area is 142 Å². The molecule has 24 heavy (non-hydrogen) atoms. The highest BCUT2D eigenvalue weighted by Gasteiger charge is 2.10. The van der Waals surface area contributed by atoms with Crippen LogP contribution < -0.4 is 10.1 Å². The van der Waals surface area contributed by atoms with Crippen LogP contribution >= 0.6 is 0 Å². The number of ether oxygens (including phenoxy) is 1. The van der Waals surface area contributed by atoms with Crippen molar-refractivity contribution in [2.24, 2.45) is 0 Å². The van der Waals surface area contributed by atoms with Crippen LogP contribution in [0.3, 0.4) is 0 Å². The van der Waals surface area contributed by atoms with Gasteiger partial charge in [0, 0.05) is 18.4 Å². The van der Waals surface area contributed by atoms with Crippen LogP contribution in [-0.4, -0.2) is 34.2 Å². The Balaban J connectivity index is 1.98. The molecule has 0 aliphatic carbocycles. The van der Waals surface area contributed by atoms with Gasteiger partial charge in [-0.3, -0.25) is 4.79 Å². The van der Waals surface area contributed by atoms with Gasteiger partial charge in [0.1, 0.15) is 5.75 Å². The Morgan fingerprint density at radius 2 is 1.79 bits per heavy atom. The van der Waals surface area contributed by atoms with Gasteiger partial charge in [0.15, 0.2) is 9.84 Å². The Bertz CT molecular complexity index is 827. The first-order chi connectivity index (χ1) is 11.3. The normalized spacial score (nSPS) is 11.1. The molecule has 0 heterocycles. The summed E-state index contributed by atoms with van der Waals surface area (Å²) >= 11 is 0. The minimum absolute atomic E-state index is 0.198. The summed E-state index contributed by atoms with van der Waals surface area (Å²) in [5, 5.41) is 2.83. The summed E-state index contributed by atoms with van der Waals surface area (Å²) in [7, 11) is -1.63. The fourth-order valence-electron chi connectivity index (χ4n) is 2.37. The number of methoxy groups -OCH3 is 1. The molecule has 6 heteroatoms. The second-order valence-electron chi connectivity index (χ2n) is 5.62. The van der Waals surface area contributed by atoms with Gasteiger partial charge in [0.05, 0.1) is 12.0 Å². The molecular weight excluding hydrogens is 326 g/mol. The molecule has 2 rings (SSSR count). The third-order valence-electron chi connectivity index (χ3n) is 3.66. The van der Waals surface area contributed by atoms with Crippen molar-refractivity contribution in [3.05, 3.63) is 59.2 Å². The molecule has 2 aromatic carbocycles. The molecule has 0 fully saturated rings. The van der Waals surface area contributed by atoms with Crippen LogP contribution in [-0.2, 0) is 16.3 Å². The van der Waals surface area contributed by atoms with Gasteiger partial charge < -0.3 is 10.1 Å². The maximum atomic E-state index is 12.1. The average Bonchev–Trinajstić information content (AvgIpc) is 2.54. The topological polar surface area (TPSA) is 72.5 Å². The summed E-state index contributed by atoms with van der Waals surface area (Å²) in [5.74, 6) is 0.564. The molecule has 0 atom stereocenters. The zero-order valence-electron chi connectivity index (χ0n) is 14.0. The first-order valence-electron chi connectivity index (χ1n) is 7.53. The van der Waals surface area contributed by atoms with Crippen molar-refractivity contribution in [3.63, 3.8) is 0 Å². The van der Waals surface area contributed by atoms with Crippen LogP contribution in [0.25, 0.3) is 0 Å². The number of benzene rings is 2. The number of sulfone groups is 1. The van der Waals surface area contributed by atoms with E-state index in [0.717, 1.165) is 23.1 Å². The lowest BCUT2D eigenvalue weighted by Gasteiger charge is -2.10. The summed E-state index contributed by atoms with van der Waals surface area (Å²) in [4.78, 5) is 12.3. The third kappa shape index (κ3) is 4.58. The van der Waals surface area contributed by atoms with E-state index in [-0.39, 0.29) is 10.8 Å². The zero-order chi connectivity index (χ0) is 17.7. The lowest BCUT2D eigenvalue weighted by Crippen LogP contribution is -2.25. The molecule has 0 saturated heterocycles. The van der Waals surface area contributed by atoms with E-state index in [4.69, 9.17) is 4.74 Å². The Hall–Kier alpha value is -2.34. The highest BCUT2D eigenvalue weighted by molar-refractivity contribution is 7.90. The number of carbonyl (C=O) groups excluding carboxylic acids is 1. The number of hydrogen-bond donors (Lipinski definition) is 1. The molecule has 0 aliphatic rings. The van der Waals surface area contributed by atoms with Crippen molar-refractivity contribution < 1.29 is 17.9 Å². The fourth-order valence-corrected chi connectivity index (χ4v) is 3.00. The summed E-state index contributed by atoms with van der Waals surface area (Å²) in [6, 6.07) is 11.8. The zero-order valence-corrected chi connectivity index (χ0v) is 14.8. The van der Waals surface area contributed by atoms with Gasteiger partial charge in [0.25, 0.3) is 5.91 Å². The Morgan fingerprint density at radius 3 is 2.38 bits per heavy atom. The largest absolute Gasteiger partial charge is 0.496 e. The van der Waals surface area contributed by atoms with E-state index in [0.29, 0.717) is 18.5 Å². The SMILES string of the molecule is COc1ccc(C)cc1CCNC(=O)c1ccc(S(C)(=O)=O)cc1. The molecule has 1 N–H and O–H groups in total. The lowest BCUT2D eigenvalue weighted by molar-refractivity contribution is 0.0954. The van der Waals surface area contributed by atoms with Crippen LogP contribution in [0, 0.1) is 6.92 Å². The van der Waals surface area contributed by atoms with E-state index >= 15 is 0 Å². The number of nitrogens with one attached hydrogen (secondary N) is 1. The molecule has 0 unspecified atom stereocenters. The van der Waals surface area contributed by atoms with Crippen molar-refractivity contribution in [3.8, 4) is 5.75 Å². The van der Waals surface area contributed by atoms with E-state index in [1.54, 1.807) is 7.11 Å². The molecule has 2 aromatic rings. The molecule has 0 spiro atoms. The van der Waals surface area contributed by atoms with Crippen molar-refractivity contribution >= 4 is 15.7 Å². The Morgan fingerprint density at radius 1 is 1.12 bits per heavy atom. The van der Waals surface area contributed by atoms with Crippen LogP contribution in [0.2, 0.25) is 0 Å². The summed E-state index contributed by atoms with van der Waals surface area (Å²) in [6.07, 6.45) is 1.79. The molecule has 0 bridgehead atoms. The van der Waals surface area contributed by atoms with Gasteiger partial charge in [-0.2, -0.15) is 0 Å². The van der Waals surface area contributed by atoms with Crippen molar-refractivity contribution in [2.75, 3.05) is 19.9 Å². The number of hydrogen-bond acceptors (Lipinski definition) is 4. The number of rotatable bonds is 6. The highest BCUT2D eigenvalue weighted by Crippen LogP contribution is 2.19. The van der Waals surface area contributed by atoms with E-state index in [1.165, 1.54) is 24.3 Å². The molecule has 5 nitrogen and oxygen atoms in total. The van der Waals surface area contributed by atoms with Crippen molar-refractivity contribution in [1.29, 1.82) is 0 Å². The van der Waals surface area contributed by atoms with Gasteiger partial charge in [-0.25, -0.2) is 8.42 Å². The lowest BCUT2D eigenvalue weighted by atomic mass is 10.1. The average molecular weight is 347 g/mol. The Kier molecular flexibility index (Phi) is 5.62. The smallest absolute Gasteiger partial charge is 0.251 e. The van der Waals surface area contributed by atoms with Gasteiger partial charge in [-0.1, -0.05) is 17.7 Å². The molecule has 128 valence electrons. The highest BCUT2D eigenvalue weighted by atomic mass is 32.2. The standard InChI is InChI=1S/C18H21NO4S/c1-13-4-9-17(23-2)15(12-13)10-11-19-18(20)14-5-7-16(8-6-14)24(3,21)22/h4-9,12H,10-11H2,1-3H3,(H,19,20). The molecular formula is C18H21NO4S. The number of amides is 1. The van der Waals surface area contributed by atoms with Crippen molar-refractivity contribution in [1.82, 2.24) is 5.32 Å². The maximum Gasteiger partial charge on any atom is 0.251 e. The van der Waals surface area contributed by atoms with Gasteiger partial charge in [-0.15, -0.1) is 0 Å². The van der Waals surface area contributed by atoms with Crippen LogP contribution in [0.4, 0.5) is 0 Å². The first-order valence-corrected chi connectivity index (χ1v) is 9.42. The van der Waals surface area contributed by atoms with Crippen LogP contribution in [0.1, 0.15) is 21.5 Å². The molecule has 0 aromatic heterocycles. The number of aryl methyl sites for hydroxylation is 1. The fraction of sp³-hybridized carbons (Fsp3) is 0.278. The van der Waals surface area contributed by atoms with Gasteiger partial charge in [0.2, 0.25) is 0 Å². The maximum absolute atomic E-state index is 12.1. The third-order valence-corrected chi connectivity index (χ3v) is 4.79. The summed E-state index contributed by atoms with van der Waals surface area (Å²) in [6.45, 7) is 2.47. The second kappa shape index (κ2) is 7.49. The number of carbonyl (C=O) groups is 1. The van der Waals surface area contributed by atoms with Gasteiger partial charge >= 0.3 is 0 Å². The van der Waals surface area contributed by atoms with Gasteiger partial charge in [-0.05, 0) is 49.2 Å². The van der Waals surface area contributed by atoms with Crippen LogP contribution in [0.5, 0.6) is 5.75 Å². The van der Waals surface area contributed by atoms with Crippen LogP contribution in [0.15, 0.2) is 47.4 Å². The monoisotopic (exact) mass is 347 g/mol. The minimum Gasteiger partial charge on any atom is -0.496 e. The quantitative estimate of drug-likeness (QED) is 0.871. The predicted molar refractivity (Wildman–Crippen MR) is 93.3 cm³/mol. The molecule has 0 aliphatic heterocycles. The first kappa shape index (κ1) is 18.0. The van der Waals surface area contributed by atoms with E-state index in [9.17, 15) is 13.2 Å². The van der Waals surface area contributed by atoms with E-state index < -0.39 is 9.84 Å². The minimum atomic E-state index is -3.26. The summed E-state index contributed by atoms with van der Waals surface area (Å²) in [5.41, 5.74) is 2.59. The van der Waals surface area contributed by atoms with Crippen molar-refractivity contribution in [2.45, 2.75) is 18.2 Å². The molecule has 0 radical (unpaired) electrons. The molecule has 0 saturated carbocycles.